The summed E-state index contributed by atoms with van der Waals surface area (Å²) in [5, 5.41) is 13.5. The zero-order chi connectivity index (χ0) is 19.2. The lowest BCUT2D eigenvalue weighted by Gasteiger charge is -2.06. The molecule has 0 bridgehead atoms. The Morgan fingerprint density at radius 3 is 2.78 bits per heavy atom. The van der Waals surface area contributed by atoms with Gasteiger partial charge in [-0.05, 0) is 24.3 Å². The third kappa shape index (κ3) is 4.60. The van der Waals surface area contributed by atoms with Crippen LogP contribution in [0.4, 0.5) is 11.4 Å². The Balaban J connectivity index is 1.52. The molecule has 0 fully saturated rings. The molecule has 2 aromatic carbocycles. The van der Waals surface area contributed by atoms with Gasteiger partial charge >= 0.3 is 5.97 Å². The van der Waals surface area contributed by atoms with Gasteiger partial charge < -0.3 is 19.5 Å². The average Bonchev–Trinajstić information content (AvgIpc) is 3.12. The van der Waals surface area contributed by atoms with Crippen molar-refractivity contribution in [2.45, 2.75) is 0 Å². The van der Waals surface area contributed by atoms with Crippen LogP contribution < -0.4 is 14.8 Å². The Bertz CT molecular complexity index is 924. The first kappa shape index (κ1) is 17.9. The molecule has 1 heterocycles. The van der Waals surface area contributed by atoms with Gasteiger partial charge in [-0.1, -0.05) is 12.1 Å². The lowest BCUT2D eigenvalue weighted by Crippen LogP contribution is -2.20. The minimum atomic E-state index is -0.797. The predicted octanol–water partition coefficient (Wildman–Crippen LogP) is 2.52. The van der Waals surface area contributed by atoms with Gasteiger partial charge in [0.05, 0.1) is 10.5 Å². The van der Waals surface area contributed by atoms with Gasteiger partial charge in [0.2, 0.25) is 6.79 Å². The van der Waals surface area contributed by atoms with E-state index >= 15 is 0 Å². The second kappa shape index (κ2) is 8.00. The molecule has 0 saturated carbocycles. The number of fused-ring (bicyclic) bond motifs is 1. The molecule has 1 aliphatic rings. The Morgan fingerprint density at radius 2 is 1.96 bits per heavy atom. The molecular weight excluding hydrogens is 356 g/mol. The Morgan fingerprint density at radius 1 is 1.19 bits per heavy atom. The van der Waals surface area contributed by atoms with Gasteiger partial charge in [-0.3, -0.25) is 14.9 Å². The van der Waals surface area contributed by atoms with Crippen LogP contribution in [0.1, 0.15) is 5.56 Å². The molecule has 27 heavy (non-hydrogen) atoms. The van der Waals surface area contributed by atoms with Crippen LogP contribution in [0, 0.1) is 10.1 Å². The average molecular weight is 370 g/mol. The molecule has 3 rings (SSSR count). The van der Waals surface area contributed by atoms with Crippen molar-refractivity contribution in [3.05, 3.63) is 64.2 Å². The minimum absolute atomic E-state index is 0.121. The number of nitrogens with zero attached hydrogens (tertiary/aromatic N) is 1. The topological polar surface area (TPSA) is 117 Å². The summed E-state index contributed by atoms with van der Waals surface area (Å²) in [5.41, 5.74) is 0.585. The predicted molar refractivity (Wildman–Crippen MR) is 94.3 cm³/mol. The van der Waals surface area contributed by atoms with E-state index in [1.165, 1.54) is 24.3 Å². The van der Waals surface area contributed by atoms with E-state index in [4.69, 9.17) is 14.2 Å². The van der Waals surface area contributed by atoms with E-state index in [0.717, 1.165) is 6.08 Å². The summed E-state index contributed by atoms with van der Waals surface area (Å²) in [6.45, 7) is -0.384. The molecule has 1 aliphatic heterocycles. The largest absolute Gasteiger partial charge is 0.454 e. The number of nitro groups is 1. The number of para-hydroxylation sites is 1. The number of benzene rings is 2. The van der Waals surface area contributed by atoms with Crippen molar-refractivity contribution in [3.63, 3.8) is 0 Å². The molecule has 0 unspecified atom stereocenters. The van der Waals surface area contributed by atoms with Crippen LogP contribution in [0.25, 0.3) is 6.08 Å². The van der Waals surface area contributed by atoms with E-state index in [1.54, 1.807) is 24.3 Å². The summed E-state index contributed by atoms with van der Waals surface area (Å²) in [7, 11) is 0. The standard InChI is InChI=1S/C18H14N2O7/c21-17(19-13-6-7-15-16(9-13)27-11-26-15)10-25-18(22)8-5-12-3-1-2-4-14(12)20(23)24/h1-9H,10-11H2,(H,19,21)/b8-5+. The Labute approximate surface area is 153 Å². The molecule has 0 aliphatic carbocycles. The van der Waals surface area contributed by atoms with E-state index < -0.39 is 23.4 Å². The highest BCUT2D eigenvalue weighted by atomic mass is 16.7. The molecule has 0 atom stereocenters. The van der Waals surface area contributed by atoms with Crippen LogP contribution in [0.3, 0.4) is 0 Å². The van der Waals surface area contributed by atoms with Gasteiger partial charge in [-0.2, -0.15) is 0 Å². The minimum Gasteiger partial charge on any atom is -0.454 e. The zero-order valence-corrected chi connectivity index (χ0v) is 13.9. The number of nitro benzene ring substituents is 1. The molecule has 1 amide bonds. The van der Waals surface area contributed by atoms with Crippen LogP contribution in [-0.4, -0.2) is 30.2 Å². The summed E-state index contributed by atoms with van der Waals surface area (Å²) < 4.78 is 15.2. The highest BCUT2D eigenvalue weighted by Crippen LogP contribution is 2.34. The smallest absolute Gasteiger partial charge is 0.331 e. The van der Waals surface area contributed by atoms with E-state index in [9.17, 15) is 19.7 Å². The number of hydrogen-bond acceptors (Lipinski definition) is 7. The Hall–Kier alpha value is -3.88. The first-order chi connectivity index (χ1) is 13.0. The van der Waals surface area contributed by atoms with Crippen LogP contribution >= 0.6 is 0 Å². The first-order valence-electron chi connectivity index (χ1n) is 7.81. The zero-order valence-electron chi connectivity index (χ0n) is 13.9. The molecule has 1 N–H and O–H groups in total. The van der Waals surface area contributed by atoms with Gasteiger partial charge in [-0.15, -0.1) is 0 Å². The fourth-order valence-electron chi connectivity index (χ4n) is 2.31. The lowest BCUT2D eigenvalue weighted by molar-refractivity contribution is -0.385. The van der Waals surface area contributed by atoms with Crippen molar-refractivity contribution < 1.29 is 28.7 Å². The number of anilines is 1. The summed E-state index contributed by atoms with van der Waals surface area (Å²) in [6.07, 6.45) is 2.28. The van der Waals surface area contributed by atoms with Gasteiger partial charge in [0, 0.05) is 23.9 Å². The molecule has 2 aromatic rings. The fourth-order valence-corrected chi connectivity index (χ4v) is 2.31. The van der Waals surface area contributed by atoms with Crippen LogP contribution in [0.2, 0.25) is 0 Å². The maximum absolute atomic E-state index is 11.9. The SMILES string of the molecule is O=C(COC(=O)/C=C/c1ccccc1[N+](=O)[O-])Nc1ccc2c(c1)OCO2. The molecule has 9 nitrogen and oxygen atoms in total. The third-order valence-electron chi connectivity index (χ3n) is 3.53. The van der Waals surface area contributed by atoms with Gasteiger partial charge in [-0.25, -0.2) is 4.79 Å². The summed E-state index contributed by atoms with van der Waals surface area (Å²) in [4.78, 5) is 33.9. The maximum Gasteiger partial charge on any atom is 0.331 e. The third-order valence-corrected chi connectivity index (χ3v) is 3.53. The Kier molecular flexibility index (Phi) is 5.31. The fraction of sp³-hybridized carbons (Fsp3) is 0.111. The number of rotatable bonds is 6. The number of ether oxygens (including phenoxy) is 3. The quantitative estimate of drug-likeness (QED) is 0.359. The maximum atomic E-state index is 11.9. The van der Waals surface area contributed by atoms with Crippen molar-refractivity contribution in [2.75, 3.05) is 18.7 Å². The number of carbonyl (C=O) groups is 2. The number of amides is 1. The first-order valence-corrected chi connectivity index (χ1v) is 7.81. The van der Waals surface area contributed by atoms with Crippen molar-refractivity contribution >= 4 is 29.3 Å². The second-order valence-corrected chi connectivity index (χ2v) is 5.37. The van der Waals surface area contributed by atoms with E-state index in [-0.39, 0.29) is 18.0 Å². The van der Waals surface area contributed by atoms with Crippen molar-refractivity contribution in [3.8, 4) is 11.5 Å². The van der Waals surface area contributed by atoms with E-state index in [2.05, 4.69) is 5.32 Å². The normalized spacial score (nSPS) is 12.0. The molecule has 0 radical (unpaired) electrons. The summed E-state index contributed by atoms with van der Waals surface area (Å²) >= 11 is 0. The van der Waals surface area contributed by atoms with Gasteiger partial charge in [0.15, 0.2) is 18.1 Å². The molecule has 9 heteroatoms. The molecule has 0 aromatic heterocycles. The van der Waals surface area contributed by atoms with E-state index in [0.29, 0.717) is 17.2 Å². The summed E-state index contributed by atoms with van der Waals surface area (Å²) in [5.74, 6) is -0.243. The van der Waals surface area contributed by atoms with Crippen molar-refractivity contribution in [2.24, 2.45) is 0 Å². The summed E-state index contributed by atoms with van der Waals surface area (Å²) in [6, 6.07) is 10.8. The number of carbonyl (C=O) groups excluding carboxylic acids is 2. The number of hydrogen-bond donors (Lipinski definition) is 1. The monoisotopic (exact) mass is 370 g/mol. The van der Waals surface area contributed by atoms with Crippen LogP contribution in [-0.2, 0) is 14.3 Å². The van der Waals surface area contributed by atoms with Crippen LogP contribution in [0.15, 0.2) is 48.5 Å². The highest BCUT2D eigenvalue weighted by molar-refractivity contribution is 5.95. The van der Waals surface area contributed by atoms with Gasteiger partial charge in [0.1, 0.15) is 0 Å². The highest BCUT2D eigenvalue weighted by Gasteiger charge is 2.15. The van der Waals surface area contributed by atoms with Crippen molar-refractivity contribution in [1.82, 2.24) is 0 Å². The van der Waals surface area contributed by atoms with Crippen LogP contribution in [0.5, 0.6) is 11.5 Å². The lowest BCUT2D eigenvalue weighted by atomic mass is 10.1. The van der Waals surface area contributed by atoms with Gasteiger partial charge in [0.25, 0.3) is 11.6 Å². The molecular formula is C18H14N2O7. The number of nitrogens with one attached hydrogen (secondary N) is 1. The molecule has 0 saturated heterocycles. The molecule has 138 valence electrons. The number of esters is 1. The van der Waals surface area contributed by atoms with E-state index in [1.807, 2.05) is 0 Å². The molecule has 0 spiro atoms. The van der Waals surface area contributed by atoms with Crippen molar-refractivity contribution in [1.29, 1.82) is 0 Å². The second-order valence-electron chi connectivity index (χ2n) is 5.37.